The molecule has 6 heteroatoms. The van der Waals surface area contributed by atoms with Crippen LogP contribution >= 0.6 is 27.3 Å². The van der Waals surface area contributed by atoms with Gasteiger partial charge in [0.25, 0.3) is 0 Å². The molecule has 0 bridgehead atoms. The molecule has 1 aromatic heterocycles. The van der Waals surface area contributed by atoms with Gasteiger partial charge in [0.05, 0.1) is 5.75 Å². The third kappa shape index (κ3) is 2.61. The van der Waals surface area contributed by atoms with Crippen LogP contribution < -0.4 is 0 Å². The molecular weight excluding hydrogens is 298 g/mol. The van der Waals surface area contributed by atoms with Crippen molar-refractivity contribution in [1.82, 2.24) is 4.31 Å². The van der Waals surface area contributed by atoms with Crippen molar-refractivity contribution in [3.63, 3.8) is 0 Å². The van der Waals surface area contributed by atoms with Crippen molar-refractivity contribution in [1.29, 1.82) is 0 Å². The summed E-state index contributed by atoms with van der Waals surface area (Å²) in [5.41, 5.74) is 0. The Labute approximate surface area is 102 Å². The zero-order valence-electron chi connectivity index (χ0n) is 8.15. The molecule has 15 heavy (non-hydrogen) atoms. The summed E-state index contributed by atoms with van der Waals surface area (Å²) in [5.74, 6) is 0.302. The molecule has 0 saturated carbocycles. The molecule has 1 fully saturated rings. The van der Waals surface area contributed by atoms with Crippen LogP contribution in [0, 0.1) is 0 Å². The van der Waals surface area contributed by atoms with Crippen molar-refractivity contribution >= 4 is 37.3 Å². The lowest BCUT2D eigenvalue weighted by molar-refractivity contribution is 0.380. The molecule has 1 saturated heterocycles. The van der Waals surface area contributed by atoms with E-state index in [2.05, 4.69) is 15.9 Å². The molecule has 1 aliphatic rings. The van der Waals surface area contributed by atoms with Crippen LogP contribution in [0.25, 0.3) is 0 Å². The molecule has 0 aliphatic carbocycles. The van der Waals surface area contributed by atoms with Gasteiger partial charge < -0.3 is 0 Å². The lowest BCUT2D eigenvalue weighted by Gasteiger charge is -2.25. The first-order valence-electron chi connectivity index (χ1n) is 4.79. The highest BCUT2D eigenvalue weighted by Crippen LogP contribution is 2.26. The van der Waals surface area contributed by atoms with E-state index in [0.717, 1.165) is 22.2 Å². The maximum absolute atomic E-state index is 11.7. The zero-order valence-corrected chi connectivity index (χ0v) is 11.4. The summed E-state index contributed by atoms with van der Waals surface area (Å²) in [6.07, 6.45) is 1.77. The molecule has 1 aromatic rings. The molecule has 0 unspecified atom stereocenters. The smallest absolute Gasteiger partial charge is 0.212 e. The first-order valence-corrected chi connectivity index (χ1v) is 8.07. The Bertz CT molecular complexity index is 441. The number of halogens is 1. The minimum atomic E-state index is -3.00. The third-order valence-corrected chi connectivity index (χ3v) is 6.28. The monoisotopic (exact) mass is 309 g/mol. The van der Waals surface area contributed by atoms with E-state index in [4.69, 9.17) is 0 Å². The van der Waals surface area contributed by atoms with E-state index in [9.17, 15) is 8.42 Å². The Balaban J connectivity index is 2.15. The van der Waals surface area contributed by atoms with Gasteiger partial charge in [-0.1, -0.05) is 0 Å². The molecule has 3 nitrogen and oxygen atoms in total. The minimum Gasteiger partial charge on any atom is -0.212 e. The summed E-state index contributed by atoms with van der Waals surface area (Å²) >= 11 is 5.01. The Hall–Kier alpha value is 0.0900. The second kappa shape index (κ2) is 4.53. The average molecular weight is 310 g/mol. The summed E-state index contributed by atoms with van der Waals surface area (Å²) in [6, 6.07) is 1.95. The van der Waals surface area contributed by atoms with Gasteiger partial charge in [0, 0.05) is 22.4 Å². The third-order valence-electron chi connectivity index (χ3n) is 2.46. The molecule has 2 rings (SSSR count). The zero-order chi connectivity index (χ0) is 10.9. The summed E-state index contributed by atoms with van der Waals surface area (Å²) in [5, 5.41) is 1.97. The number of hydrogen-bond acceptors (Lipinski definition) is 3. The number of hydrogen-bond donors (Lipinski definition) is 0. The molecule has 0 aromatic carbocycles. The van der Waals surface area contributed by atoms with E-state index in [1.54, 1.807) is 15.6 Å². The Morgan fingerprint density at radius 2 is 2.27 bits per heavy atom. The summed E-state index contributed by atoms with van der Waals surface area (Å²) in [4.78, 5) is 1.08. The largest absolute Gasteiger partial charge is 0.214 e. The molecular formula is C9H12BrNO2S2. The first kappa shape index (κ1) is 11.6. The van der Waals surface area contributed by atoms with Crippen molar-refractivity contribution in [3.8, 4) is 0 Å². The highest BCUT2D eigenvalue weighted by Gasteiger charge is 2.26. The molecule has 0 N–H and O–H groups in total. The number of thiophene rings is 1. The fourth-order valence-electron chi connectivity index (χ4n) is 1.62. The van der Waals surface area contributed by atoms with E-state index in [-0.39, 0.29) is 0 Å². The summed E-state index contributed by atoms with van der Waals surface area (Å²) < 4.78 is 26.1. The molecule has 0 radical (unpaired) electrons. The van der Waals surface area contributed by atoms with Crippen molar-refractivity contribution in [2.75, 3.05) is 12.3 Å². The van der Waals surface area contributed by atoms with Crippen molar-refractivity contribution in [2.24, 2.45) is 0 Å². The highest BCUT2D eigenvalue weighted by atomic mass is 79.9. The predicted molar refractivity (Wildman–Crippen MR) is 65.4 cm³/mol. The standard InChI is InChI=1S/C9H12BrNO2S2/c10-8-3-5-14-9(8)7-11-4-1-2-6-15(11,12)13/h3,5H,1-2,4,6-7H2. The van der Waals surface area contributed by atoms with Crippen LogP contribution in [0.3, 0.4) is 0 Å². The van der Waals surface area contributed by atoms with Gasteiger partial charge in [0.2, 0.25) is 10.0 Å². The Kier molecular flexibility index (Phi) is 3.49. The van der Waals surface area contributed by atoms with Gasteiger partial charge in [-0.2, -0.15) is 4.31 Å². The van der Waals surface area contributed by atoms with Crippen LogP contribution in [-0.2, 0) is 16.6 Å². The SMILES string of the molecule is O=S1(=O)CCCCN1Cc1sccc1Br. The Morgan fingerprint density at radius 3 is 2.87 bits per heavy atom. The van der Waals surface area contributed by atoms with E-state index in [1.165, 1.54) is 0 Å². The second-order valence-corrected chi connectivity index (χ2v) is 7.49. The lowest BCUT2D eigenvalue weighted by Crippen LogP contribution is -2.37. The van der Waals surface area contributed by atoms with Gasteiger partial charge in [-0.15, -0.1) is 11.3 Å². The quantitative estimate of drug-likeness (QED) is 0.841. The van der Waals surface area contributed by atoms with Gasteiger partial charge in [-0.3, -0.25) is 0 Å². The molecule has 2 heterocycles. The van der Waals surface area contributed by atoms with Gasteiger partial charge in [-0.05, 0) is 40.2 Å². The normalized spacial score (nSPS) is 21.7. The second-order valence-electron chi connectivity index (χ2n) is 3.55. The van der Waals surface area contributed by atoms with Crippen molar-refractivity contribution in [3.05, 3.63) is 20.8 Å². The van der Waals surface area contributed by atoms with Crippen molar-refractivity contribution in [2.45, 2.75) is 19.4 Å². The van der Waals surface area contributed by atoms with E-state index in [1.807, 2.05) is 11.4 Å². The van der Waals surface area contributed by atoms with E-state index >= 15 is 0 Å². The van der Waals surface area contributed by atoms with Crippen LogP contribution in [0.4, 0.5) is 0 Å². The van der Waals surface area contributed by atoms with Crippen LogP contribution in [0.15, 0.2) is 15.9 Å². The van der Waals surface area contributed by atoms with Crippen molar-refractivity contribution < 1.29 is 8.42 Å². The highest BCUT2D eigenvalue weighted by molar-refractivity contribution is 9.10. The van der Waals surface area contributed by atoms with Gasteiger partial charge >= 0.3 is 0 Å². The van der Waals surface area contributed by atoms with E-state index < -0.39 is 10.0 Å². The molecule has 0 amide bonds. The topological polar surface area (TPSA) is 37.4 Å². The van der Waals surface area contributed by atoms with Crippen LogP contribution in [0.2, 0.25) is 0 Å². The molecule has 0 spiro atoms. The van der Waals surface area contributed by atoms with Gasteiger partial charge in [0.1, 0.15) is 0 Å². The number of rotatable bonds is 2. The lowest BCUT2D eigenvalue weighted by atomic mass is 10.3. The fraction of sp³-hybridized carbons (Fsp3) is 0.556. The van der Waals surface area contributed by atoms with Gasteiger partial charge in [-0.25, -0.2) is 8.42 Å². The van der Waals surface area contributed by atoms with Crippen LogP contribution in [0.5, 0.6) is 0 Å². The summed E-state index contributed by atoms with van der Waals surface area (Å²) in [6.45, 7) is 1.17. The van der Waals surface area contributed by atoms with Crippen LogP contribution in [0.1, 0.15) is 17.7 Å². The van der Waals surface area contributed by atoms with Crippen LogP contribution in [-0.4, -0.2) is 25.0 Å². The maximum Gasteiger partial charge on any atom is 0.214 e. The summed E-state index contributed by atoms with van der Waals surface area (Å²) in [7, 11) is -3.00. The average Bonchev–Trinajstić information content (AvgIpc) is 2.56. The first-order chi connectivity index (χ1) is 7.09. The number of sulfonamides is 1. The number of nitrogens with zero attached hydrogens (tertiary/aromatic N) is 1. The minimum absolute atomic E-state index is 0.302. The fourth-order valence-corrected chi connectivity index (χ4v) is 4.75. The van der Waals surface area contributed by atoms with E-state index in [0.29, 0.717) is 18.8 Å². The predicted octanol–water partition coefficient (Wildman–Crippen LogP) is 2.44. The molecule has 0 atom stereocenters. The maximum atomic E-state index is 11.7. The molecule has 84 valence electrons. The Morgan fingerprint density at radius 1 is 1.47 bits per heavy atom. The molecule has 1 aliphatic heterocycles. The van der Waals surface area contributed by atoms with Gasteiger partial charge in [0.15, 0.2) is 0 Å².